The van der Waals surface area contributed by atoms with Crippen LogP contribution in [0.3, 0.4) is 0 Å². The number of nitrogens with two attached hydrogens (primary N) is 1. The molecular formula is C29H42BN4O4. The van der Waals surface area contributed by atoms with Gasteiger partial charge in [0.2, 0.25) is 0 Å². The summed E-state index contributed by atoms with van der Waals surface area (Å²) in [6.45, 7) is 5.92. The number of carboxylic acid groups (broad SMARTS) is 1. The van der Waals surface area contributed by atoms with E-state index in [1.54, 1.807) is 0 Å². The Kier molecular flexibility index (Phi) is 9.86. The van der Waals surface area contributed by atoms with Crippen molar-refractivity contribution in [3.8, 4) is 11.9 Å². The summed E-state index contributed by atoms with van der Waals surface area (Å²) >= 11 is 0. The summed E-state index contributed by atoms with van der Waals surface area (Å²) in [5.74, 6) is 1.80. The van der Waals surface area contributed by atoms with E-state index < -0.39 is 5.97 Å². The van der Waals surface area contributed by atoms with Crippen LogP contribution in [0.25, 0.3) is 0 Å². The standard InChI is InChI=1S/C29H42BN4O4/c1-3-5-20(6-4-2)18-38-29-32-27(31)25-26(30)34(15-16-37-28(25)33-29)23-13-11-22(12-14-23)21-9-7-19(8-10-21)17-24(35)36/h11,13-14,19-22H,3-10,12,15-18H2,1-2H3,(H,35,36)(H2,31,32,33). The van der Waals surface area contributed by atoms with Gasteiger partial charge in [0.1, 0.15) is 0 Å². The van der Waals surface area contributed by atoms with Crippen molar-refractivity contribution < 1.29 is 19.4 Å². The Balaban J connectivity index is 1.39. The molecule has 38 heavy (non-hydrogen) atoms. The molecule has 1 radical (unpaired) electrons. The van der Waals surface area contributed by atoms with Gasteiger partial charge in [0.15, 0.2) is 0 Å². The monoisotopic (exact) mass is 521 g/mol. The van der Waals surface area contributed by atoms with E-state index in [4.69, 9.17) is 27.8 Å². The van der Waals surface area contributed by atoms with Crippen LogP contribution in [-0.2, 0) is 4.79 Å². The van der Waals surface area contributed by atoms with Crippen LogP contribution in [0, 0.1) is 23.7 Å². The summed E-state index contributed by atoms with van der Waals surface area (Å²) in [4.78, 5) is 22.0. The van der Waals surface area contributed by atoms with Gasteiger partial charge in [-0.15, -0.1) is 0 Å². The van der Waals surface area contributed by atoms with Gasteiger partial charge < -0.3 is 5.11 Å². The van der Waals surface area contributed by atoms with Crippen LogP contribution in [0.4, 0.5) is 5.82 Å². The van der Waals surface area contributed by atoms with Crippen LogP contribution in [0.2, 0.25) is 0 Å². The fourth-order valence-corrected chi connectivity index (χ4v) is 6.17. The number of hydrogen-bond donors (Lipinski definition) is 2. The second-order valence-corrected chi connectivity index (χ2v) is 11.0. The quantitative estimate of drug-likeness (QED) is 0.402. The molecule has 3 N–H and O–H groups in total. The molecule has 0 spiro atoms. The maximum atomic E-state index is 11.0. The summed E-state index contributed by atoms with van der Waals surface area (Å²) in [7, 11) is 6.65. The number of allylic oxidation sites excluding steroid dienone is 3. The molecule has 4 rings (SSSR count). The predicted octanol–water partition coefficient (Wildman–Crippen LogP) is 4.74. The molecule has 0 saturated heterocycles. The van der Waals surface area contributed by atoms with E-state index in [1.807, 2.05) is 4.90 Å². The number of fused-ring (bicyclic) bond motifs is 1. The summed E-state index contributed by atoms with van der Waals surface area (Å²) in [5, 5.41) is 9.08. The van der Waals surface area contributed by atoms with Gasteiger partial charge in [-0.1, -0.05) is 0 Å². The predicted molar refractivity (Wildman–Crippen MR) is 150 cm³/mol. The topological polar surface area (TPSA) is 111 Å². The van der Waals surface area contributed by atoms with E-state index in [0.29, 0.717) is 66.9 Å². The number of aromatic nitrogens is 2. The van der Waals surface area contributed by atoms with Crippen molar-refractivity contribution in [3.63, 3.8) is 0 Å². The fourth-order valence-electron chi connectivity index (χ4n) is 6.17. The van der Waals surface area contributed by atoms with E-state index in [0.717, 1.165) is 63.5 Å². The molecule has 8 nitrogen and oxygen atoms in total. The van der Waals surface area contributed by atoms with Crippen molar-refractivity contribution in [3.05, 3.63) is 29.5 Å². The number of carbonyl (C=O) groups is 1. The third kappa shape index (κ3) is 6.97. The van der Waals surface area contributed by atoms with Gasteiger partial charge in [-0.25, -0.2) is 0 Å². The Hall–Kier alpha value is -2.84. The molecule has 0 bridgehead atoms. The first-order chi connectivity index (χ1) is 18.4. The number of anilines is 1. The molecule has 1 saturated carbocycles. The maximum absolute atomic E-state index is 11.0. The third-order valence-electron chi connectivity index (χ3n) is 8.21. The summed E-state index contributed by atoms with van der Waals surface area (Å²) < 4.78 is 11.9. The zero-order valence-electron chi connectivity index (χ0n) is 22.9. The molecule has 205 valence electrons. The number of nitrogens with zero attached hydrogens (tertiary/aromatic N) is 3. The van der Waals surface area contributed by atoms with Crippen LogP contribution >= 0.6 is 0 Å². The molecule has 0 aromatic carbocycles. The third-order valence-corrected chi connectivity index (χ3v) is 8.21. The molecule has 1 unspecified atom stereocenters. The molecule has 1 aromatic rings. The van der Waals surface area contributed by atoms with Crippen molar-refractivity contribution in [2.24, 2.45) is 23.7 Å². The molecule has 2 heterocycles. The first-order valence-electron chi connectivity index (χ1n) is 14.3. The van der Waals surface area contributed by atoms with Gasteiger partial charge >= 0.3 is 218 Å². The first-order valence-corrected chi connectivity index (χ1v) is 14.3. The molecular weight excluding hydrogens is 479 g/mol. The zero-order valence-corrected chi connectivity index (χ0v) is 22.9. The number of ether oxygens (including phenoxy) is 2. The van der Waals surface area contributed by atoms with Crippen LogP contribution < -0.4 is 15.2 Å². The van der Waals surface area contributed by atoms with Crippen LogP contribution in [0.1, 0.15) is 83.6 Å². The molecule has 1 aliphatic heterocycles. The molecule has 1 atom stereocenters. The number of carboxylic acids is 1. The van der Waals surface area contributed by atoms with E-state index in [9.17, 15) is 4.79 Å². The van der Waals surface area contributed by atoms with E-state index >= 15 is 0 Å². The van der Waals surface area contributed by atoms with Gasteiger partial charge in [-0.2, -0.15) is 0 Å². The van der Waals surface area contributed by atoms with Crippen LogP contribution in [0.5, 0.6) is 11.9 Å². The Morgan fingerprint density at radius 2 is 1.97 bits per heavy atom. The minimum absolute atomic E-state index is 0.234. The Bertz CT molecular complexity index is 1050. The molecule has 2 aliphatic carbocycles. The van der Waals surface area contributed by atoms with Crippen LogP contribution in [-0.4, -0.2) is 58.8 Å². The SMILES string of the molecule is [B]=C1c2c(N)nc(OCC(CCC)CCC)nc2OCCN1C1=CCC(C2CCC(CC(=O)O)CC2)C=C1. The molecule has 3 aliphatic rings. The zero-order chi connectivity index (χ0) is 27.1. The van der Waals surface area contributed by atoms with Crippen molar-refractivity contribution >= 4 is 24.9 Å². The average molecular weight is 521 g/mol. The van der Waals surface area contributed by atoms with E-state index in [2.05, 4.69) is 42.0 Å². The van der Waals surface area contributed by atoms with Gasteiger partial charge in [-0.05, 0) is 0 Å². The van der Waals surface area contributed by atoms with Crippen molar-refractivity contribution in [1.29, 1.82) is 0 Å². The molecule has 0 amide bonds. The normalized spacial score (nSPS) is 23.4. The van der Waals surface area contributed by atoms with E-state index in [-0.39, 0.29) is 11.8 Å². The second kappa shape index (κ2) is 13.3. The number of aliphatic carboxylic acids is 1. The van der Waals surface area contributed by atoms with Crippen LogP contribution in [0.15, 0.2) is 23.9 Å². The van der Waals surface area contributed by atoms with Crippen molar-refractivity contribution in [2.45, 2.75) is 78.1 Å². The van der Waals surface area contributed by atoms with E-state index in [1.165, 1.54) is 0 Å². The van der Waals surface area contributed by atoms with Gasteiger partial charge in [0.05, 0.1) is 0 Å². The summed E-state index contributed by atoms with van der Waals surface area (Å²) in [6.07, 6.45) is 16.5. The average Bonchev–Trinajstić information content (AvgIpc) is 3.06. The van der Waals surface area contributed by atoms with Gasteiger partial charge in [0.25, 0.3) is 0 Å². The Morgan fingerprint density at radius 1 is 1.24 bits per heavy atom. The second-order valence-electron chi connectivity index (χ2n) is 11.0. The van der Waals surface area contributed by atoms with Crippen molar-refractivity contribution in [1.82, 2.24) is 14.9 Å². The summed E-state index contributed by atoms with van der Waals surface area (Å²) in [5.41, 5.74) is 8.39. The number of rotatable bonds is 11. The molecule has 9 heteroatoms. The molecule has 1 fully saturated rings. The fraction of sp³-hybridized carbons (Fsp3) is 0.655. The van der Waals surface area contributed by atoms with Crippen molar-refractivity contribution in [2.75, 3.05) is 25.5 Å². The Morgan fingerprint density at radius 3 is 2.61 bits per heavy atom. The number of hydrogen-bond acceptors (Lipinski definition) is 7. The van der Waals surface area contributed by atoms with Gasteiger partial charge in [-0.3, -0.25) is 4.79 Å². The molecule has 1 aromatic heterocycles. The summed E-state index contributed by atoms with van der Waals surface area (Å²) in [6, 6.07) is 0.234. The minimum atomic E-state index is -0.683. The van der Waals surface area contributed by atoms with Gasteiger partial charge in [0, 0.05) is 0 Å². The number of nitrogen functional groups attached to an aromatic ring is 1. The Labute approximate surface area is 227 Å². The first kappa shape index (κ1) is 28.2.